The molecule has 1 fully saturated rings. The van der Waals surface area contributed by atoms with E-state index in [9.17, 15) is 20.4 Å². The number of ether oxygens (including phenoxy) is 1. The lowest BCUT2D eigenvalue weighted by atomic mass is 9.90. The Kier molecular flexibility index (Phi) is 4.99. The minimum atomic E-state index is -1.37. The maximum absolute atomic E-state index is 10.3. The van der Waals surface area contributed by atoms with Crippen LogP contribution in [0.2, 0.25) is 0 Å². The lowest BCUT2D eigenvalue weighted by Crippen LogP contribution is -2.55. The molecule has 1 aliphatic heterocycles. The summed E-state index contributed by atoms with van der Waals surface area (Å²) in [6.45, 7) is 1.59. The van der Waals surface area contributed by atoms with Crippen molar-refractivity contribution in [2.75, 3.05) is 6.61 Å². The molecule has 0 spiro atoms. The van der Waals surface area contributed by atoms with Crippen molar-refractivity contribution in [3.05, 3.63) is 59.7 Å². The van der Waals surface area contributed by atoms with E-state index in [4.69, 9.17) is 4.74 Å². The Morgan fingerprint density at radius 2 is 1.58 bits per heavy atom. The van der Waals surface area contributed by atoms with Crippen molar-refractivity contribution in [2.24, 2.45) is 0 Å². The van der Waals surface area contributed by atoms with E-state index in [1.54, 1.807) is 6.07 Å². The van der Waals surface area contributed by atoms with Gasteiger partial charge in [-0.2, -0.15) is 0 Å². The lowest BCUT2D eigenvalue weighted by molar-refractivity contribution is -0.231. The molecule has 0 unspecified atom stereocenters. The van der Waals surface area contributed by atoms with Crippen LogP contribution < -0.4 is 0 Å². The summed E-state index contributed by atoms with van der Waals surface area (Å²) in [4.78, 5) is 0. The second kappa shape index (κ2) is 7.01. The fourth-order valence-electron chi connectivity index (χ4n) is 3.02. The zero-order valence-electron chi connectivity index (χ0n) is 13.4. The van der Waals surface area contributed by atoms with Gasteiger partial charge in [-0.3, -0.25) is 0 Å². The van der Waals surface area contributed by atoms with E-state index in [1.165, 1.54) is 5.56 Å². The van der Waals surface area contributed by atoms with Crippen LogP contribution in [-0.4, -0.2) is 51.4 Å². The summed E-state index contributed by atoms with van der Waals surface area (Å²) in [6.07, 6.45) is -5.70. The highest BCUT2D eigenvalue weighted by Gasteiger charge is 2.43. The van der Waals surface area contributed by atoms with E-state index in [0.717, 1.165) is 11.1 Å². The number of aliphatic hydroxyl groups excluding tert-OH is 4. The van der Waals surface area contributed by atoms with E-state index in [2.05, 4.69) is 0 Å². The Balaban J connectivity index is 1.91. The molecule has 0 saturated carbocycles. The SMILES string of the molecule is Cc1ccc(-c2cccc([C@H]3O[C@H](CO)[C@@H](O)[C@H](O)[C@@H]3O)c2)cc1. The van der Waals surface area contributed by atoms with Crippen LogP contribution >= 0.6 is 0 Å². The average Bonchev–Trinajstić information content (AvgIpc) is 2.61. The fourth-order valence-corrected chi connectivity index (χ4v) is 3.02. The normalized spacial score (nSPS) is 30.3. The number of hydrogen-bond acceptors (Lipinski definition) is 5. The van der Waals surface area contributed by atoms with Gasteiger partial charge in [-0.25, -0.2) is 0 Å². The Labute approximate surface area is 140 Å². The van der Waals surface area contributed by atoms with Crippen molar-refractivity contribution >= 4 is 0 Å². The Morgan fingerprint density at radius 3 is 2.25 bits per heavy atom. The van der Waals surface area contributed by atoms with Crippen LogP contribution in [0.1, 0.15) is 17.2 Å². The molecule has 1 heterocycles. The second-order valence-electron chi connectivity index (χ2n) is 6.24. The molecule has 128 valence electrons. The molecular weight excluding hydrogens is 308 g/mol. The van der Waals surface area contributed by atoms with Crippen molar-refractivity contribution < 1.29 is 25.2 Å². The zero-order chi connectivity index (χ0) is 17.3. The first kappa shape index (κ1) is 17.1. The van der Waals surface area contributed by atoms with Crippen LogP contribution in [0, 0.1) is 6.92 Å². The molecule has 0 aromatic heterocycles. The van der Waals surface area contributed by atoms with E-state index in [1.807, 2.05) is 49.4 Å². The summed E-state index contributed by atoms with van der Waals surface area (Å²) in [5, 5.41) is 39.4. The van der Waals surface area contributed by atoms with Crippen molar-refractivity contribution in [3.63, 3.8) is 0 Å². The third kappa shape index (κ3) is 3.22. The van der Waals surface area contributed by atoms with E-state index in [0.29, 0.717) is 5.56 Å². The van der Waals surface area contributed by atoms with Gasteiger partial charge in [-0.15, -0.1) is 0 Å². The molecule has 2 aromatic rings. The van der Waals surface area contributed by atoms with Crippen LogP contribution in [0.15, 0.2) is 48.5 Å². The third-order valence-electron chi connectivity index (χ3n) is 4.49. The fraction of sp³-hybridized carbons (Fsp3) is 0.368. The second-order valence-corrected chi connectivity index (χ2v) is 6.24. The van der Waals surface area contributed by atoms with Gasteiger partial charge in [0.05, 0.1) is 6.61 Å². The summed E-state index contributed by atoms with van der Waals surface area (Å²) in [5.74, 6) is 0. The van der Waals surface area contributed by atoms with Crippen LogP contribution in [0.3, 0.4) is 0 Å². The van der Waals surface area contributed by atoms with Crippen LogP contribution in [0.25, 0.3) is 11.1 Å². The first-order valence-corrected chi connectivity index (χ1v) is 7.99. The van der Waals surface area contributed by atoms with E-state index < -0.39 is 37.1 Å². The Hall–Kier alpha value is -1.76. The average molecular weight is 330 g/mol. The maximum atomic E-state index is 10.3. The van der Waals surface area contributed by atoms with Gasteiger partial charge in [-0.1, -0.05) is 48.0 Å². The Bertz CT molecular complexity index is 682. The lowest BCUT2D eigenvalue weighted by Gasteiger charge is -2.40. The van der Waals surface area contributed by atoms with E-state index >= 15 is 0 Å². The van der Waals surface area contributed by atoms with Crippen LogP contribution in [0.5, 0.6) is 0 Å². The highest BCUT2D eigenvalue weighted by Crippen LogP contribution is 2.34. The van der Waals surface area contributed by atoms with Crippen molar-refractivity contribution in [1.82, 2.24) is 0 Å². The topological polar surface area (TPSA) is 90.2 Å². The van der Waals surface area contributed by atoms with Crippen LogP contribution in [0.4, 0.5) is 0 Å². The Morgan fingerprint density at radius 1 is 0.875 bits per heavy atom. The standard InChI is InChI=1S/C19H22O5/c1-11-5-7-12(8-6-11)13-3-2-4-14(9-13)19-18(23)17(22)16(21)15(10-20)24-19/h2-9,15-23H,10H2,1H3/t15-,16-,17+,18+,19-/m1/s1. The minimum Gasteiger partial charge on any atom is -0.394 e. The number of rotatable bonds is 3. The molecule has 5 heteroatoms. The van der Waals surface area contributed by atoms with Gasteiger partial charge < -0.3 is 25.2 Å². The van der Waals surface area contributed by atoms with Crippen molar-refractivity contribution in [3.8, 4) is 11.1 Å². The van der Waals surface area contributed by atoms with Crippen LogP contribution in [-0.2, 0) is 4.74 Å². The molecule has 5 atom stereocenters. The van der Waals surface area contributed by atoms with Gasteiger partial charge in [-0.05, 0) is 29.7 Å². The zero-order valence-corrected chi connectivity index (χ0v) is 13.4. The van der Waals surface area contributed by atoms with Crippen molar-refractivity contribution in [1.29, 1.82) is 0 Å². The first-order valence-electron chi connectivity index (χ1n) is 7.99. The van der Waals surface area contributed by atoms with Gasteiger partial charge in [0.1, 0.15) is 30.5 Å². The highest BCUT2D eigenvalue weighted by atomic mass is 16.5. The number of aliphatic hydroxyl groups is 4. The highest BCUT2D eigenvalue weighted by molar-refractivity contribution is 5.64. The van der Waals surface area contributed by atoms with Gasteiger partial charge in [0, 0.05) is 0 Å². The number of aryl methyl sites for hydroxylation is 1. The molecule has 3 rings (SSSR count). The van der Waals surface area contributed by atoms with Gasteiger partial charge in [0.25, 0.3) is 0 Å². The van der Waals surface area contributed by atoms with Gasteiger partial charge >= 0.3 is 0 Å². The smallest absolute Gasteiger partial charge is 0.113 e. The molecule has 1 aliphatic rings. The summed E-state index contributed by atoms with van der Waals surface area (Å²) in [7, 11) is 0. The molecule has 0 amide bonds. The molecule has 0 radical (unpaired) electrons. The summed E-state index contributed by atoms with van der Waals surface area (Å²) >= 11 is 0. The largest absolute Gasteiger partial charge is 0.394 e. The third-order valence-corrected chi connectivity index (χ3v) is 4.49. The van der Waals surface area contributed by atoms with Gasteiger partial charge in [0.15, 0.2) is 0 Å². The molecule has 0 bridgehead atoms. The predicted molar refractivity (Wildman–Crippen MR) is 89.3 cm³/mol. The van der Waals surface area contributed by atoms with Crippen molar-refractivity contribution in [2.45, 2.75) is 37.4 Å². The van der Waals surface area contributed by atoms with E-state index in [-0.39, 0.29) is 0 Å². The summed E-state index contributed by atoms with van der Waals surface area (Å²) < 4.78 is 5.62. The quantitative estimate of drug-likeness (QED) is 0.678. The molecular formula is C19H22O5. The number of benzene rings is 2. The summed E-state index contributed by atoms with van der Waals surface area (Å²) in [5.41, 5.74) is 3.85. The summed E-state index contributed by atoms with van der Waals surface area (Å²) in [6, 6.07) is 15.6. The molecule has 2 aromatic carbocycles. The molecule has 4 N–H and O–H groups in total. The monoisotopic (exact) mass is 330 g/mol. The first-order chi connectivity index (χ1) is 11.5. The molecule has 0 aliphatic carbocycles. The van der Waals surface area contributed by atoms with Gasteiger partial charge in [0.2, 0.25) is 0 Å². The predicted octanol–water partition coefficient (Wildman–Crippen LogP) is 1.18. The molecule has 1 saturated heterocycles. The minimum absolute atomic E-state index is 0.431. The molecule has 5 nitrogen and oxygen atoms in total. The molecule has 24 heavy (non-hydrogen) atoms. The maximum Gasteiger partial charge on any atom is 0.113 e. The number of hydrogen-bond donors (Lipinski definition) is 4.